The molecule has 1 heterocycles. The van der Waals surface area contributed by atoms with E-state index in [1.165, 1.54) is 6.07 Å². The molecule has 0 aliphatic rings. The van der Waals surface area contributed by atoms with Crippen LogP contribution in [0.25, 0.3) is 0 Å². The van der Waals surface area contributed by atoms with Gasteiger partial charge in [-0.15, -0.1) is 11.3 Å². The van der Waals surface area contributed by atoms with Crippen LogP contribution in [0.3, 0.4) is 0 Å². The van der Waals surface area contributed by atoms with E-state index in [-0.39, 0.29) is 4.88 Å². The summed E-state index contributed by atoms with van der Waals surface area (Å²) in [5, 5.41) is 0. The zero-order chi connectivity index (χ0) is 14.2. The van der Waals surface area contributed by atoms with Crippen molar-refractivity contribution in [2.45, 2.75) is 0 Å². The Labute approximate surface area is 118 Å². The summed E-state index contributed by atoms with van der Waals surface area (Å²) in [6, 6.07) is 3.60. The molecule has 0 unspecified atom stereocenters. The Balaban J connectivity index is 2.57. The van der Waals surface area contributed by atoms with Gasteiger partial charge in [0.25, 0.3) is 0 Å². The van der Waals surface area contributed by atoms with E-state index in [4.69, 9.17) is 0 Å². The van der Waals surface area contributed by atoms with Crippen LogP contribution in [0.2, 0.25) is 0 Å². The number of ketones is 1. The molecule has 2 nitrogen and oxygen atoms in total. The van der Waals surface area contributed by atoms with Gasteiger partial charge in [0.1, 0.15) is 0 Å². The van der Waals surface area contributed by atoms with Crippen molar-refractivity contribution in [1.82, 2.24) is 0 Å². The Morgan fingerprint density at radius 3 is 2.47 bits per heavy atom. The van der Waals surface area contributed by atoms with Crippen LogP contribution < -0.4 is 4.74 Å². The predicted molar refractivity (Wildman–Crippen MR) is 68.3 cm³/mol. The number of ether oxygens (including phenoxy) is 1. The molecule has 0 N–H and O–H groups in total. The fourth-order valence-corrected chi connectivity index (χ4v) is 2.83. The first-order valence-electron chi connectivity index (χ1n) is 4.97. The molecule has 0 bridgehead atoms. The predicted octanol–water partition coefficient (Wildman–Crippen LogP) is 4.17. The minimum absolute atomic E-state index is 0.207. The SMILES string of the molecule is COc1c(F)c(F)cc(C(=O)c2ccc(Br)s2)c1F. The Kier molecular flexibility index (Phi) is 3.96. The lowest BCUT2D eigenvalue weighted by Crippen LogP contribution is -2.07. The number of methoxy groups -OCH3 is 1. The van der Waals surface area contributed by atoms with Crippen LogP contribution in [-0.2, 0) is 0 Å². The second kappa shape index (κ2) is 5.34. The van der Waals surface area contributed by atoms with E-state index in [1.54, 1.807) is 6.07 Å². The molecule has 7 heteroatoms. The van der Waals surface area contributed by atoms with Gasteiger partial charge in [-0.3, -0.25) is 4.79 Å². The summed E-state index contributed by atoms with van der Waals surface area (Å²) in [5.41, 5.74) is -0.565. The number of rotatable bonds is 3. The van der Waals surface area contributed by atoms with Gasteiger partial charge in [0.15, 0.2) is 17.4 Å². The molecule has 0 spiro atoms. The lowest BCUT2D eigenvalue weighted by molar-refractivity contribution is 0.103. The maximum atomic E-state index is 13.9. The molecule has 0 radical (unpaired) electrons. The van der Waals surface area contributed by atoms with Gasteiger partial charge in [0.05, 0.1) is 21.3 Å². The lowest BCUT2D eigenvalue weighted by atomic mass is 10.1. The molecule has 1 aromatic heterocycles. The molecule has 100 valence electrons. The molecule has 19 heavy (non-hydrogen) atoms. The van der Waals surface area contributed by atoms with Crippen LogP contribution in [0.1, 0.15) is 15.2 Å². The number of hydrogen-bond acceptors (Lipinski definition) is 3. The maximum Gasteiger partial charge on any atom is 0.206 e. The van der Waals surface area contributed by atoms with Crippen molar-refractivity contribution in [3.05, 3.63) is 49.9 Å². The van der Waals surface area contributed by atoms with Crippen molar-refractivity contribution >= 4 is 33.0 Å². The molecule has 0 atom stereocenters. The maximum absolute atomic E-state index is 13.9. The second-order valence-electron chi connectivity index (χ2n) is 3.50. The first-order valence-corrected chi connectivity index (χ1v) is 6.58. The van der Waals surface area contributed by atoms with E-state index >= 15 is 0 Å². The number of thiophene rings is 1. The highest BCUT2D eigenvalue weighted by Crippen LogP contribution is 2.30. The zero-order valence-corrected chi connectivity index (χ0v) is 11.9. The number of benzene rings is 1. The lowest BCUT2D eigenvalue weighted by Gasteiger charge is -2.08. The van der Waals surface area contributed by atoms with Crippen molar-refractivity contribution in [2.24, 2.45) is 0 Å². The third kappa shape index (κ3) is 2.52. The highest BCUT2D eigenvalue weighted by atomic mass is 79.9. The number of halogens is 4. The van der Waals surface area contributed by atoms with Crippen molar-refractivity contribution in [3.63, 3.8) is 0 Å². The largest absolute Gasteiger partial charge is 0.491 e. The summed E-state index contributed by atoms with van der Waals surface area (Å²) in [7, 11) is 0.997. The van der Waals surface area contributed by atoms with Gasteiger partial charge in [0.2, 0.25) is 11.6 Å². The van der Waals surface area contributed by atoms with E-state index in [0.717, 1.165) is 18.4 Å². The van der Waals surface area contributed by atoms with Crippen molar-refractivity contribution < 1.29 is 22.7 Å². The molecule has 2 aromatic rings. The van der Waals surface area contributed by atoms with E-state index in [2.05, 4.69) is 20.7 Å². The van der Waals surface area contributed by atoms with Crippen molar-refractivity contribution in [3.8, 4) is 5.75 Å². The molecule has 0 aliphatic carbocycles. The topological polar surface area (TPSA) is 26.3 Å². The van der Waals surface area contributed by atoms with E-state index in [0.29, 0.717) is 9.85 Å². The molecule has 0 saturated heterocycles. The standard InChI is InChI=1S/C12H6BrF3O2S/c1-18-12-9(15)5(4-6(14)10(12)16)11(17)7-2-3-8(13)19-7/h2-4H,1H3. The smallest absolute Gasteiger partial charge is 0.206 e. The van der Waals surface area contributed by atoms with Crippen LogP contribution >= 0.6 is 27.3 Å². The molecule has 2 rings (SSSR count). The first kappa shape index (κ1) is 14.1. The van der Waals surface area contributed by atoms with Crippen LogP contribution in [0, 0.1) is 17.5 Å². The van der Waals surface area contributed by atoms with Gasteiger partial charge >= 0.3 is 0 Å². The molecular formula is C12H6BrF3O2S. The van der Waals surface area contributed by atoms with Crippen LogP contribution in [0.15, 0.2) is 22.0 Å². The normalized spacial score (nSPS) is 10.6. The van der Waals surface area contributed by atoms with Crippen LogP contribution in [0.5, 0.6) is 5.75 Å². The molecular weight excluding hydrogens is 345 g/mol. The van der Waals surface area contributed by atoms with Crippen molar-refractivity contribution in [2.75, 3.05) is 7.11 Å². The molecule has 0 aliphatic heterocycles. The fraction of sp³-hybridized carbons (Fsp3) is 0.0833. The zero-order valence-electron chi connectivity index (χ0n) is 9.47. The van der Waals surface area contributed by atoms with Crippen LogP contribution in [0.4, 0.5) is 13.2 Å². The first-order chi connectivity index (χ1) is 8.95. The van der Waals surface area contributed by atoms with E-state index in [9.17, 15) is 18.0 Å². The Hall–Kier alpha value is -1.34. The van der Waals surface area contributed by atoms with Gasteiger partial charge < -0.3 is 4.74 Å². The summed E-state index contributed by atoms with van der Waals surface area (Å²) in [6.07, 6.45) is 0. The molecule has 0 fully saturated rings. The average molecular weight is 351 g/mol. The van der Waals surface area contributed by atoms with E-state index < -0.39 is 34.5 Å². The van der Waals surface area contributed by atoms with Gasteiger partial charge in [-0.25, -0.2) is 8.78 Å². The average Bonchev–Trinajstić information content (AvgIpc) is 2.80. The second-order valence-corrected chi connectivity index (χ2v) is 5.96. The summed E-state index contributed by atoms with van der Waals surface area (Å²) < 4.78 is 45.6. The Morgan fingerprint density at radius 2 is 1.95 bits per heavy atom. The Bertz CT molecular complexity index is 655. The molecule has 0 amide bonds. The summed E-state index contributed by atoms with van der Waals surface area (Å²) in [6.45, 7) is 0. The highest BCUT2D eigenvalue weighted by molar-refractivity contribution is 9.11. The summed E-state index contributed by atoms with van der Waals surface area (Å²) in [5.74, 6) is -5.64. The summed E-state index contributed by atoms with van der Waals surface area (Å²) >= 11 is 4.23. The number of carbonyl (C=O) groups is 1. The molecule has 0 saturated carbocycles. The monoisotopic (exact) mass is 350 g/mol. The third-order valence-corrected chi connectivity index (χ3v) is 3.98. The Morgan fingerprint density at radius 1 is 1.26 bits per heavy atom. The van der Waals surface area contributed by atoms with Gasteiger partial charge in [-0.2, -0.15) is 4.39 Å². The molecule has 1 aromatic carbocycles. The van der Waals surface area contributed by atoms with Gasteiger partial charge in [-0.1, -0.05) is 0 Å². The minimum Gasteiger partial charge on any atom is -0.491 e. The summed E-state index contributed by atoms with van der Waals surface area (Å²) in [4.78, 5) is 12.2. The van der Waals surface area contributed by atoms with Crippen LogP contribution in [-0.4, -0.2) is 12.9 Å². The highest BCUT2D eigenvalue weighted by Gasteiger charge is 2.24. The fourth-order valence-electron chi connectivity index (χ4n) is 1.49. The number of hydrogen-bond donors (Lipinski definition) is 0. The van der Waals surface area contributed by atoms with Gasteiger partial charge in [0, 0.05) is 0 Å². The minimum atomic E-state index is -1.45. The quantitative estimate of drug-likeness (QED) is 0.613. The number of carbonyl (C=O) groups excluding carboxylic acids is 1. The third-order valence-electron chi connectivity index (χ3n) is 2.36. The van der Waals surface area contributed by atoms with Crippen molar-refractivity contribution in [1.29, 1.82) is 0 Å². The van der Waals surface area contributed by atoms with Gasteiger partial charge in [-0.05, 0) is 34.1 Å². The van der Waals surface area contributed by atoms with E-state index in [1.807, 2.05) is 0 Å².